The second-order valence-electron chi connectivity index (χ2n) is 3.85. The summed E-state index contributed by atoms with van der Waals surface area (Å²) in [4.78, 5) is 23.2. The molecule has 1 aromatic heterocycles. The summed E-state index contributed by atoms with van der Waals surface area (Å²) in [6.45, 7) is 0. The van der Waals surface area contributed by atoms with E-state index in [1.807, 2.05) is 0 Å². The average molecular weight is 260 g/mol. The number of ketones is 1. The molecular weight excluding hydrogens is 248 g/mol. The lowest BCUT2D eigenvalue weighted by atomic mass is 10.0. The number of hydrogen-bond donors (Lipinski definition) is 1. The van der Waals surface area contributed by atoms with Crippen LogP contribution in [0.4, 0.5) is 0 Å². The zero-order valence-corrected chi connectivity index (χ0v) is 10.3. The minimum absolute atomic E-state index is 0.0114. The van der Waals surface area contributed by atoms with E-state index in [9.17, 15) is 9.59 Å². The molecule has 2 rings (SSSR count). The minimum Gasteiger partial charge on any atom is -0.479 e. The van der Waals surface area contributed by atoms with Gasteiger partial charge in [0.15, 0.2) is 0 Å². The molecule has 0 spiro atoms. The van der Waals surface area contributed by atoms with Crippen molar-refractivity contribution in [1.82, 2.24) is 5.16 Å². The first-order valence-electron chi connectivity index (χ1n) is 5.53. The predicted octanol–water partition coefficient (Wildman–Crippen LogP) is 1.21. The van der Waals surface area contributed by atoms with Crippen LogP contribution in [0.5, 0.6) is 5.88 Å². The molecule has 0 unspecified atom stereocenters. The highest BCUT2D eigenvalue weighted by molar-refractivity contribution is 5.99. The van der Waals surface area contributed by atoms with Crippen molar-refractivity contribution < 1.29 is 18.8 Å². The van der Waals surface area contributed by atoms with E-state index in [0.29, 0.717) is 11.1 Å². The fourth-order valence-electron chi connectivity index (χ4n) is 1.66. The molecule has 1 amide bonds. The molecule has 0 saturated carbocycles. The van der Waals surface area contributed by atoms with Crippen LogP contribution in [0, 0.1) is 0 Å². The third-order valence-corrected chi connectivity index (χ3v) is 2.61. The number of nitrogens with two attached hydrogens (primary N) is 1. The standard InChI is InChI=1S/C13H12N2O4/c1-18-12-7-11(19-15-12)10(16)6-8-4-2-3-5-9(8)13(14)17/h2-5,7H,6H2,1H3,(H2,14,17). The Morgan fingerprint density at radius 1 is 1.37 bits per heavy atom. The van der Waals surface area contributed by atoms with Crippen LogP contribution in [0.1, 0.15) is 26.5 Å². The molecule has 98 valence electrons. The molecule has 0 saturated heterocycles. The molecule has 2 aromatic rings. The smallest absolute Gasteiger partial charge is 0.254 e. The number of primary amides is 1. The topological polar surface area (TPSA) is 95.4 Å². The predicted molar refractivity (Wildman–Crippen MR) is 66.0 cm³/mol. The highest BCUT2D eigenvalue weighted by Gasteiger charge is 2.17. The number of ether oxygens (including phenoxy) is 1. The fraction of sp³-hybridized carbons (Fsp3) is 0.154. The van der Waals surface area contributed by atoms with Gasteiger partial charge in [0.05, 0.1) is 13.2 Å². The van der Waals surface area contributed by atoms with E-state index in [1.54, 1.807) is 24.3 Å². The zero-order valence-electron chi connectivity index (χ0n) is 10.3. The first-order chi connectivity index (χ1) is 9.11. The third-order valence-electron chi connectivity index (χ3n) is 2.61. The summed E-state index contributed by atoms with van der Waals surface area (Å²) in [5.74, 6) is -0.564. The number of amides is 1. The molecule has 0 bridgehead atoms. The van der Waals surface area contributed by atoms with Crippen molar-refractivity contribution in [3.63, 3.8) is 0 Å². The SMILES string of the molecule is COc1cc(C(=O)Cc2ccccc2C(N)=O)on1. The molecule has 2 N–H and O–H groups in total. The van der Waals surface area contributed by atoms with Gasteiger partial charge in [-0.1, -0.05) is 18.2 Å². The number of methoxy groups -OCH3 is 1. The molecule has 0 atom stereocenters. The van der Waals surface area contributed by atoms with Gasteiger partial charge >= 0.3 is 0 Å². The van der Waals surface area contributed by atoms with Crippen molar-refractivity contribution in [2.24, 2.45) is 5.73 Å². The molecule has 6 heteroatoms. The summed E-state index contributed by atoms with van der Waals surface area (Å²) >= 11 is 0. The van der Waals surface area contributed by atoms with Gasteiger partial charge in [0.25, 0.3) is 5.88 Å². The molecule has 0 aliphatic heterocycles. The van der Waals surface area contributed by atoms with Gasteiger partial charge in [-0.25, -0.2) is 0 Å². The Labute approximate surface area is 109 Å². The number of carbonyl (C=O) groups excluding carboxylic acids is 2. The highest BCUT2D eigenvalue weighted by atomic mass is 16.5. The van der Waals surface area contributed by atoms with Crippen molar-refractivity contribution in [3.05, 3.63) is 47.2 Å². The second-order valence-corrected chi connectivity index (χ2v) is 3.85. The van der Waals surface area contributed by atoms with Crippen LogP contribution < -0.4 is 10.5 Å². The summed E-state index contributed by atoms with van der Waals surface area (Å²) in [5.41, 5.74) is 6.12. The van der Waals surface area contributed by atoms with Gasteiger partial charge in [0, 0.05) is 12.0 Å². The summed E-state index contributed by atoms with van der Waals surface area (Å²) in [6.07, 6.45) is 0.0114. The van der Waals surface area contributed by atoms with Gasteiger partial charge in [0.2, 0.25) is 17.5 Å². The van der Waals surface area contributed by atoms with Crippen molar-refractivity contribution >= 4 is 11.7 Å². The number of Topliss-reactive ketones (excluding diaryl/α,β-unsaturated/α-hetero) is 1. The van der Waals surface area contributed by atoms with E-state index in [0.717, 1.165) is 0 Å². The van der Waals surface area contributed by atoms with Crippen LogP contribution in [0.3, 0.4) is 0 Å². The summed E-state index contributed by atoms with van der Waals surface area (Å²) < 4.78 is 9.68. The van der Waals surface area contributed by atoms with Gasteiger partial charge in [-0.2, -0.15) is 0 Å². The lowest BCUT2D eigenvalue weighted by Gasteiger charge is -2.03. The fourth-order valence-corrected chi connectivity index (χ4v) is 1.66. The quantitative estimate of drug-likeness (QED) is 0.815. The molecule has 0 fully saturated rings. The largest absolute Gasteiger partial charge is 0.479 e. The van der Waals surface area contributed by atoms with Crippen molar-refractivity contribution in [3.8, 4) is 5.88 Å². The Bertz CT molecular complexity index is 619. The lowest BCUT2D eigenvalue weighted by molar-refractivity contribution is 0.0956. The molecule has 0 radical (unpaired) electrons. The van der Waals surface area contributed by atoms with Crippen molar-refractivity contribution in [2.75, 3.05) is 7.11 Å². The monoisotopic (exact) mass is 260 g/mol. The van der Waals surface area contributed by atoms with Gasteiger partial charge < -0.3 is 15.0 Å². The second kappa shape index (κ2) is 5.34. The van der Waals surface area contributed by atoms with Crippen LogP contribution in [-0.4, -0.2) is 24.0 Å². The molecule has 1 heterocycles. The number of benzene rings is 1. The number of rotatable bonds is 5. The molecule has 0 aliphatic carbocycles. The Balaban J connectivity index is 2.21. The Morgan fingerprint density at radius 3 is 2.74 bits per heavy atom. The van der Waals surface area contributed by atoms with E-state index in [1.165, 1.54) is 13.2 Å². The zero-order chi connectivity index (χ0) is 13.8. The summed E-state index contributed by atoms with van der Waals surface area (Å²) in [7, 11) is 1.43. The van der Waals surface area contributed by atoms with E-state index >= 15 is 0 Å². The molecule has 19 heavy (non-hydrogen) atoms. The van der Waals surface area contributed by atoms with Crippen LogP contribution >= 0.6 is 0 Å². The maximum absolute atomic E-state index is 12.0. The maximum atomic E-state index is 12.0. The number of hydrogen-bond acceptors (Lipinski definition) is 5. The normalized spacial score (nSPS) is 10.2. The van der Waals surface area contributed by atoms with Crippen LogP contribution in [0.2, 0.25) is 0 Å². The van der Waals surface area contributed by atoms with Crippen LogP contribution in [0.15, 0.2) is 34.9 Å². The third kappa shape index (κ3) is 2.79. The number of carbonyl (C=O) groups is 2. The Hall–Kier alpha value is -2.63. The molecule has 6 nitrogen and oxygen atoms in total. The van der Waals surface area contributed by atoms with Gasteiger partial charge in [0.1, 0.15) is 0 Å². The highest BCUT2D eigenvalue weighted by Crippen LogP contribution is 2.15. The maximum Gasteiger partial charge on any atom is 0.254 e. The lowest BCUT2D eigenvalue weighted by Crippen LogP contribution is -2.15. The first-order valence-corrected chi connectivity index (χ1v) is 5.53. The summed E-state index contributed by atoms with van der Waals surface area (Å²) in [5, 5.41) is 3.55. The molecule has 1 aromatic carbocycles. The minimum atomic E-state index is -0.571. The summed E-state index contributed by atoms with van der Waals surface area (Å²) in [6, 6.07) is 8.06. The van der Waals surface area contributed by atoms with Crippen molar-refractivity contribution in [1.29, 1.82) is 0 Å². The average Bonchev–Trinajstić information content (AvgIpc) is 2.88. The molecular formula is C13H12N2O4. The van der Waals surface area contributed by atoms with E-state index in [-0.39, 0.29) is 23.8 Å². The van der Waals surface area contributed by atoms with E-state index in [2.05, 4.69) is 5.16 Å². The number of nitrogens with zero attached hydrogens (tertiary/aromatic N) is 1. The first kappa shape index (κ1) is 12.8. The Morgan fingerprint density at radius 2 is 2.11 bits per heavy atom. The number of aromatic nitrogens is 1. The van der Waals surface area contributed by atoms with Gasteiger partial charge in [-0.05, 0) is 16.8 Å². The van der Waals surface area contributed by atoms with Crippen molar-refractivity contribution in [2.45, 2.75) is 6.42 Å². The van der Waals surface area contributed by atoms with Crippen LogP contribution in [-0.2, 0) is 6.42 Å². The molecule has 0 aliphatic rings. The Kier molecular flexibility index (Phi) is 3.61. The van der Waals surface area contributed by atoms with Gasteiger partial charge in [-0.3, -0.25) is 9.59 Å². The van der Waals surface area contributed by atoms with Gasteiger partial charge in [-0.15, -0.1) is 0 Å². The van der Waals surface area contributed by atoms with Crippen LogP contribution in [0.25, 0.3) is 0 Å². The van der Waals surface area contributed by atoms with E-state index < -0.39 is 5.91 Å². The van der Waals surface area contributed by atoms with E-state index in [4.69, 9.17) is 15.0 Å².